The minimum atomic E-state index is -3.81. The molecule has 9 aliphatic heterocycles. The minimum Gasteiger partial charge on any atom is -0.497 e. The number of methoxy groups -OCH3 is 3. The van der Waals surface area contributed by atoms with Crippen molar-refractivity contribution < 1.29 is 64.9 Å². The lowest BCUT2D eigenvalue weighted by Gasteiger charge is -2.40. The normalized spacial score (nSPS) is 22.4. The fourth-order valence-electron chi connectivity index (χ4n) is 24.6. The molecule has 3 aromatic heterocycles. The molecule has 25 nitrogen and oxygen atoms in total. The van der Waals surface area contributed by atoms with Gasteiger partial charge in [-0.05, 0) is 286 Å². The van der Waals surface area contributed by atoms with Gasteiger partial charge in [0.15, 0.2) is 0 Å². The number of nitrogens with one attached hydrogen (secondary N) is 2. The molecule has 3 aliphatic carbocycles. The van der Waals surface area contributed by atoms with Crippen LogP contribution in [-0.4, -0.2) is 229 Å². The van der Waals surface area contributed by atoms with Crippen LogP contribution in [0.25, 0.3) is 84.7 Å². The van der Waals surface area contributed by atoms with Gasteiger partial charge in [-0.1, -0.05) is 82.9 Å². The number of sulfonamides is 2. The molecule has 6 aromatic carbocycles. The molecule has 0 radical (unpaired) electrons. The van der Waals surface area contributed by atoms with Crippen molar-refractivity contribution in [3.05, 3.63) is 176 Å². The highest BCUT2D eigenvalue weighted by atomic mass is 32.2. The number of aromatic carboxylic acids is 1. The SMILES string of the molecule is CCC(C)S(=O)(=O)NC(=O)c1ccc2c(C3CCCCC3)c3n(c2c1)CC(C(=O)N1C2CCC1CN(C)C2)=Cc1cc(OC)ccc1-3.COc1ccc2c(c1)C=C(C(=O)N1C3CCC1CN(C)C3)Cn1c-2c(C2CCCCC2)c2ccc(C(=O)NS(=O)(=O)C(C)C)cc21.COc1ccc2c(c1)C=C(C(=O)N1C3CCC1CN(C)C3)Cn1c-2c(C2CCCCC2)c2ccc(C(=O)O)cc21. The van der Waals surface area contributed by atoms with Gasteiger partial charge in [0.1, 0.15) is 17.2 Å². The molecule has 3 saturated carbocycles. The van der Waals surface area contributed by atoms with Crippen molar-refractivity contribution in [2.75, 3.05) is 81.7 Å². The van der Waals surface area contributed by atoms with Crippen LogP contribution in [0.2, 0.25) is 0 Å². The third kappa shape index (κ3) is 17.2. The van der Waals surface area contributed by atoms with E-state index in [2.05, 4.69) is 104 Å². The summed E-state index contributed by atoms with van der Waals surface area (Å²) in [7, 11) is 3.79. The van der Waals surface area contributed by atoms with Gasteiger partial charge in [0, 0.05) is 153 Å². The first-order valence-corrected chi connectivity index (χ1v) is 51.7. The Morgan fingerprint density at radius 3 is 0.947 bits per heavy atom. The minimum absolute atomic E-state index is 0.0696. The standard InChI is InChI=1S/C37H46N4O5S.C36H44N4O5S.C33H37N3O4/c1-5-23(2)47(44,45)38-36(42)25-11-15-32-33(19-25)40-20-27(37(43)41-28-12-13-29(41)22-39(3)21-28)17-26-18-30(46-4)14-16-31(26)35(40)34(32)24-9-7-6-8-10-24;1-22(2)46(43,44)37-35(41)24-10-14-31-32(18-24)39-19-26(36(42)40-27-11-12-28(40)21-38(3)20-27)16-25-17-29(45-4)13-15-30(25)34(39)33(31)23-8-6-5-7-9-23;1-34-18-24-9-10-25(19-34)36(24)32(37)23-14-22-15-26(40-2)11-13-27(22)31-30(20-6-4-3-5-7-20)28-12-8-21(33(38)39)16-29(28)35(31)17-23/h11,14-19,23-24,28-29H,5-10,12-13,20-22H2,1-4H3,(H,38,42);10,13-18,22-23,27-28H,5-9,11-12,19-21H2,1-4H3,(H,37,41);8,11-16,20,24-25H,3-7,9-10,17-19H2,1-2H3,(H,38,39). The first kappa shape index (κ1) is 91.3. The smallest absolute Gasteiger partial charge is 0.335 e. The summed E-state index contributed by atoms with van der Waals surface area (Å²) in [6.45, 7) is 12.9. The van der Waals surface area contributed by atoms with Crippen molar-refractivity contribution in [2.45, 2.75) is 253 Å². The molecule has 3 N–H and O–H groups in total. The summed E-state index contributed by atoms with van der Waals surface area (Å²) < 4.78 is 79.0. The highest BCUT2D eigenvalue weighted by molar-refractivity contribution is 7.91. The van der Waals surface area contributed by atoms with E-state index in [1.807, 2.05) is 78.9 Å². The van der Waals surface area contributed by atoms with Crippen molar-refractivity contribution in [2.24, 2.45) is 0 Å². The number of fused-ring (bicyclic) bond motifs is 21. The number of carboxylic acid groups (broad SMARTS) is 1. The van der Waals surface area contributed by atoms with E-state index in [-0.39, 0.29) is 70.7 Å². The molecule has 6 saturated heterocycles. The Labute approximate surface area is 781 Å². The number of carbonyl (C=O) groups excluding carboxylic acids is 5. The molecule has 27 heteroatoms. The lowest BCUT2D eigenvalue weighted by Crippen LogP contribution is -2.55. The highest BCUT2D eigenvalue weighted by Crippen LogP contribution is 2.53. The van der Waals surface area contributed by atoms with Crippen molar-refractivity contribution in [3.63, 3.8) is 0 Å². The van der Waals surface area contributed by atoms with Crippen molar-refractivity contribution in [1.29, 1.82) is 0 Å². The first-order valence-electron chi connectivity index (χ1n) is 48.6. The number of aromatic nitrogens is 3. The topological polar surface area (TPSA) is 277 Å². The summed E-state index contributed by atoms with van der Waals surface area (Å²) >= 11 is 0. The van der Waals surface area contributed by atoms with Crippen LogP contribution in [0.5, 0.6) is 17.2 Å². The third-order valence-electron chi connectivity index (χ3n) is 31.4. The molecule has 5 amide bonds. The van der Waals surface area contributed by atoms with E-state index in [4.69, 9.17) is 14.2 Å². The number of likely N-dealkylation sites (N-methyl/N-ethyl adjacent to an activating group) is 3. The molecule has 0 spiro atoms. The number of hydrogen-bond acceptors (Lipinski definition) is 16. The van der Waals surface area contributed by atoms with Gasteiger partial charge >= 0.3 is 5.97 Å². The van der Waals surface area contributed by atoms with Crippen molar-refractivity contribution in [3.8, 4) is 51.0 Å². The Hall–Kier alpha value is -10.8. The van der Waals surface area contributed by atoms with Gasteiger partial charge in [-0.15, -0.1) is 0 Å². The number of amides is 5. The van der Waals surface area contributed by atoms with Gasteiger partial charge in [-0.2, -0.15) is 0 Å². The molecule has 133 heavy (non-hydrogen) atoms. The number of rotatable bonds is 17. The Morgan fingerprint density at radius 2 is 0.669 bits per heavy atom. The summed E-state index contributed by atoms with van der Waals surface area (Å²) in [6, 6.07) is 36.2. The predicted molar refractivity (Wildman–Crippen MR) is 521 cm³/mol. The quantitative estimate of drug-likeness (QED) is 0.0764. The Balaban J connectivity index is 0.000000129. The second-order valence-corrected chi connectivity index (χ2v) is 44.4. The van der Waals surface area contributed by atoms with Gasteiger partial charge in [0.05, 0.1) is 74.1 Å². The number of piperazine rings is 3. The largest absolute Gasteiger partial charge is 0.497 e. The van der Waals surface area contributed by atoms with E-state index >= 15 is 0 Å². The molecule has 9 aromatic rings. The second-order valence-electron chi connectivity index (χ2n) is 40.1. The Kier molecular flexibility index (Phi) is 25.5. The lowest BCUT2D eigenvalue weighted by molar-refractivity contribution is -0.133. The number of benzene rings is 6. The number of carboxylic acids is 1. The van der Waals surface area contributed by atoms with Crippen LogP contribution in [0.4, 0.5) is 0 Å². The maximum absolute atomic E-state index is 14.6. The number of likely N-dealkylation sites (tertiary alicyclic amines) is 3. The maximum atomic E-state index is 14.6. The monoisotopic (exact) mass is 1840 g/mol. The van der Waals surface area contributed by atoms with E-state index in [9.17, 15) is 50.7 Å². The molecule has 21 rings (SSSR count). The Morgan fingerprint density at radius 1 is 0.383 bits per heavy atom. The van der Waals surface area contributed by atoms with Crippen LogP contribution < -0.4 is 23.7 Å². The summed E-state index contributed by atoms with van der Waals surface area (Å²) in [6.07, 6.45) is 30.0. The van der Waals surface area contributed by atoms with Crippen LogP contribution in [0.15, 0.2) is 126 Å². The van der Waals surface area contributed by atoms with E-state index in [0.29, 0.717) is 55.0 Å². The van der Waals surface area contributed by atoms with Crippen LogP contribution in [0, 0.1) is 0 Å². The number of carbonyl (C=O) groups is 6. The number of hydrogen-bond donors (Lipinski definition) is 3. The lowest BCUT2D eigenvalue weighted by atomic mass is 9.81. The second kappa shape index (κ2) is 37.1. The first-order chi connectivity index (χ1) is 64.1. The molecular weight excluding hydrogens is 1720 g/mol. The van der Waals surface area contributed by atoms with Gasteiger partial charge in [-0.25, -0.2) is 31.1 Å². The van der Waals surface area contributed by atoms with Gasteiger partial charge < -0.3 is 62.4 Å². The van der Waals surface area contributed by atoms with Gasteiger partial charge in [0.2, 0.25) is 20.0 Å². The molecule has 7 unspecified atom stereocenters. The van der Waals surface area contributed by atoms with Gasteiger partial charge in [-0.3, -0.25) is 24.0 Å². The van der Waals surface area contributed by atoms with Crippen molar-refractivity contribution in [1.82, 2.24) is 52.5 Å². The molecular formula is C106H127N11O14S2. The zero-order valence-corrected chi connectivity index (χ0v) is 80.1. The summed E-state index contributed by atoms with van der Waals surface area (Å²) in [5.74, 6) is 1.35. The van der Waals surface area contributed by atoms with Crippen LogP contribution in [0.3, 0.4) is 0 Å². The van der Waals surface area contributed by atoms with Gasteiger partial charge in [0.25, 0.3) is 29.5 Å². The zero-order valence-electron chi connectivity index (χ0n) is 78.5. The average molecular weight is 1840 g/mol. The fourth-order valence-corrected chi connectivity index (χ4v) is 26.2. The van der Waals surface area contributed by atoms with E-state index in [0.717, 1.165) is 248 Å². The number of nitrogens with zero attached hydrogens (tertiary/aromatic N) is 9. The molecule has 7 atom stereocenters. The summed E-state index contributed by atoms with van der Waals surface area (Å²) in [5.41, 5.74) is 18.7. The van der Waals surface area contributed by atoms with E-state index < -0.39 is 48.3 Å². The van der Waals surface area contributed by atoms with E-state index in [1.54, 1.807) is 67.2 Å². The summed E-state index contributed by atoms with van der Waals surface area (Å²) in [4.78, 5) is 95.7. The fraction of sp³-hybridized carbons (Fsp3) is 0.491. The predicted octanol–water partition coefficient (Wildman–Crippen LogP) is 17.2. The average Bonchev–Trinajstić information content (AvgIpc) is 1.58. The van der Waals surface area contributed by atoms with Crippen molar-refractivity contribution >= 4 is 106 Å². The molecule has 12 heterocycles. The Bertz CT molecular complexity index is 6450. The molecule has 6 bridgehead atoms. The molecule has 9 fully saturated rings. The van der Waals surface area contributed by atoms with Crippen LogP contribution in [-0.2, 0) is 54.1 Å². The summed E-state index contributed by atoms with van der Waals surface area (Å²) in [5, 5.41) is 11.7. The zero-order chi connectivity index (χ0) is 92.9. The third-order valence-corrected chi connectivity index (χ3v) is 34.9. The highest BCUT2D eigenvalue weighted by Gasteiger charge is 2.48. The van der Waals surface area contributed by atoms with Crippen LogP contribution in [0.1, 0.15) is 251 Å². The maximum Gasteiger partial charge on any atom is 0.335 e. The number of ether oxygens (including phenoxy) is 3. The molecule has 12 aliphatic rings. The molecule has 702 valence electrons. The van der Waals surface area contributed by atoms with Crippen LogP contribution >= 0.6 is 0 Å². The van der Waals surface area contributed by atoms with E-state index in [1.165, 1.54) is 48.8 Å².